The Morgan fingerprint density at radius 1 is 1.45 bits per heavy atom. The van der Waals surface area contributed by atoms with Gasteiger partial charge in [-0.1, -0.05) is 24.7 Å². The molecule has 7 nitrogen and oxygen atoms in total. The van der Waals surface area contributed by atoms with E-state index < -0.39 is 10.0 Å². The van der Waals surface area contributed by atoms with Crippen LogP contribution in [0.15, 0.2) is 0 Å². The van der Waals surface area contributed by atoms with E-state index in [1.54, 1.807) is 0 Å². The first kappa shape index (κ1) is 17.3. The van der Waals surface area contributed by atoms with Gasteiger partial charge in [0.25, 0.3) is 0 Å². The molecule has 0 bridgehead atoms. The maximum Gasteiger partial charge on any atom is 0.230 e. The number of unbranched alkanes of at least 4 members (excludes halogenated alkanes) is 1. The second kappa shape index (κ2) is 7.47. The van der Waals surface area contributed by atoms with E-state index in [2.05, 4.69) is 22.4 Å². The van der Waals surface area contributed by atoms with Crippen molar-refractivity contribution in [2.45, 2.75) is 39.0 Å². The lowest BCUT2D eigenvalue weighted by atomic mass is 9.99. The van der Waals surface area contributed by atoms with E-state index in [9.17, 15) is 13.2 Å². The average molecular weight is 346 g/mol. The molecule has 0 spiro atoms. The molecule has 1 aliphatic rings. The summed E-state index contributed by atoms with van der Waals surface area (Å²) in [7, 11) is -3.24. The molecule has 124 valence electrons. The van der Waals surface area contributed by atoms with Gasteiger partial charge in [0.15, 0.2) is 0 Å². The Bertz CT molecular complexity index is 615. The fraction of sp³-hybridized carbons (Fsp3) is 0.769. The van der Waals surface area contributed by atoms with Crippen molar-refractivity contribution < 1.29 is 13.2 Å². The largest absolute Gasteiger partial charge is 0.300 e. The molecule has 2 rings (SSSR count). The molecule has 9 heteroatoms. The molecule has 1 aromatic heterocycles. The molecule has 0 radical (unpaired) electrons. The minimum Gasteiger partial charge on any atom is -0.300 e. The van der Waals surface area contributed by atoms with Crippen LogP contribution in [-0.2, 0) is 21.2 Å². The van der Waals surface area contributed by atoms with E-state index in [1.807, 2.05) is 0 Å². The van der Waals surface area contributed by atoms with Crippen LogP contribution in [0.2, 0.25) is 0 Å². The molecule has 0 saturated carbocycles. The number of anilines is 1. The van der Waals surface area contributed by atoms with Gasteiger partial charge in [-0.2, -0.15) is 0 Å². The van der Waals surface area contributed by atoms with Crippen LogP contribution in [-0.4, -0.2) is 48.2 Å². The van der Waals surface area contributed by atoms with Gasteiger partial charge in [0.05, 0.1) is 12.2 Å². The Balaban J connectivity index is 1.92. The summed E-state index contributed by atoms with van der Waals surface area (Å²) < 4.78 is 24.5. The molecular weight excluding hydrogens is 324 g/mol. The minimum absolute atomic E-state index is 0.174. The molecule has 1 atom stereocenters. The quantitative estimate of drug-likeness (QED) is 0.842. The molecule has 1 amide bonds. The number of nitrogens with zero attached hydrogens (tertiary/aromatic N) is 3. The summed E-state index contributed by atoms with van der Waals surface area (Å²) in [5.74, 6) is -0.502. The Morgan fingerprint density at radius 2 is 2.23 bits per heavy atom. The van der Waals surface area contributed by atoms with Gasteiger partial charge in [-0.3, -0.25) is 4.79 Å². The highest BCUT2D eigenvalue weighted by atomic mass is 32.2. The Kier molecular flexibility index (Phi) is 5.87. The smallest absolute Gasteiger partial charge is 0.230 e. The zero-order valence-corrected chi connectivity index (χ0v) is 14.5. The van der Waals surface area contributed by atoms with Crippen LogP contribution in [0, 0.1) is 5.92 Å². The van der Waals surface area contributed by atoms with Crippen LogP contribution >= 0.6 is 11.3 Å². The van der Waals surface area contributed by atoms with Crippen LogP contribution in [0.25, 0.3) is 0 Å². The number of hydrogen-bond acceptors (Lipinski definition) is 6. The molecule has 0 aromatic carbocycles. The fourth-order valence-electron chi connectivity index (χ4n) is 2.40. The molecule has 1 unspecified atom stereocenters. The molecule has 1 saturated heterocycles. The number of hydrogen-bond donors (Lipinski definition) is 1. The monoisotopic (exact) mass is 346 g/mol. The lowest BCUT2D eigenvalue weighted by Crippen LogP contribution is -2.43. The van der Waals surface area contributed by atoms with E-state index >= 15 is 0 Å². The number of amides is 1. The van der Waals surface area contributed by atoms with Gasteiger partial charge >= 0.3 is 0 Å². The number of aryl methyl sites for hydroxylation is 1. The summed E-state index contributed by atoms with van der Waals surface area (Å²) in [6.45, 7) is 2.84. The normalized spacial score (nSPS) is 20.0. The van der Waals surface area contributed by atoms with Crippen molar-refractivity contribution in [3.63, 3.8) is 0 Å². The van der Waals surface area contributed by atoms with Crippen molar-refractivity contribution in [1.82, 2.24) is 14.5 Å². The number of sulfonamides is 1. The molecule has 1 aliphatic heterocycles. The molecule has 1 fully saturated rings. The summed E-state index contributed by atoms with van der Waals surface area (Å²) in [5.41, 5.74) is 0. The molecule has 1 aromatic rings. The zero-order chi connectivity index (χ0) is 16.2. The van der Waals surface area contributed by atoms with Crippen LogP contribution in [0.3, 0.4) is 0 Å². The van der Waals surface area contributed by atoms with Crippen LogP contribution in [0.5, 0.6) is 0 Å². The fourth-order valence-corrected chi connectivity index (χ4v) is 4.09. The Labute approximate surface area is 135 Å². The first-order valence-electron chi connectivity index (χ1n) is 7.48. The van der Waals surface area contributed by atoms with E-state index in [4.69, 9.17) is 0 Å². The minimum atomic E-state index is -3.24. The predicted molar refractivity (Wildman–Crippen MR) is 86.3 cm³/mol. The SMILES string of the molecule is CCCCc1nnc(NC(=O)C2CCCN(S(C)(=O)=O)C2)s1. The standard InChI is InChI=1S/C13H22N4O3S2/c1-3-4-7-11-15-16-13(21-11)14-12(18)10-6-5-8-17(9-10)22(2,19)20/h10H,3-9H2,1-2H3,(H,14,16,18). The van der Waals surface area contributed by atoms with Gasteiger partial charge in [-0.25, -0.2) is 12.7 Å². The van der Waals surface area contributed by atoms with E-state index in [0.717, 1.165) is 24.3 Å². The molecule has 22 heavy (non-hydrogen) atoms. The molecule has 2 heterocycles. The average Bonchev–Trinajstić information content (AvgIpc) is 2.92. The maximum atomic E-state index is 12.3. The van der Waals surface area contributed by atoms with E-state index in [-0.39, 0.29) is 18.4 Å². The maximum absolute atomic E-state index is 12.3. The van der Waals surface area contributed by atoms with Crippen molar-refractivity contribution in [2.24, 2.45) is 5.92 Å². The first-order valence-corrected chi connectivity index (χ1v) is 10.1. The van der Waals surface area contributed by atoms with E-state index in [1.165, 1.54) is 21.9 Å². The highest BCUT2D eigenvalue weighted by molar-refractivity contribution is 7.88. The van der Waals surface area contributed by atoms with Crippen LogP contribution < -0.4 is 5.32 Å². The third-order valence-electron chi connectivity index (χ3n) is 3.67. The summed E-state index contributed by atoms with van der Waals surface area (Å²) in [6, 6.07) is 0. The second-order valence-electron chi connectivity index (χ2n) is 5.55. The number of aromatic nitrogens is 2. The lowest BCUT2D eigenvalue weighted by molar-refractivity contribution is -0.120. The third kappa shape index (κ3) is 4.72. The molecule has 0 aliphatic carbocycles. The number of nitrogens with one attached hydrogen (secondary N) is 1. The summed E-state index contributed by atoms with van der Waals surface area (Å²) >= 11 is 1.39. The van der Waals surface area contributed by atoms with Crippen LogP contribution in [0.4, 0.5) is 5.13 Å². The van der Waals surface area contributed by atoms with Crippen molar-refractivity contribution in [1.29, 1.82) is 0 Å². The van der Waals surface area contributed by atoms with Gasteiger partial charge in [0.2, 0.25) is 21.1 Å². The second-order valence-corrected chi connectivity index (χ2v) is 8.60. The summed E-state index contributed by atoms with van der Waals surface area (Å²) in [4.78, 5) is 12.3. The summed E-state index contributed by atoms with van der Waals surface area (Å²) in [5, 5.41) is 12.2. The Hall–Kier alpha value is -1.06. The third-order valence-corrected chi connectivity index (χ3v) is 5.83. The van der Waals surface area contributed by atoms with Gasteiger partial charge < -0.3 is 5.32 Å². The lowest BCUT2D eigenvalue weighted by Gasteiger charge is -2.29. The number of piperidine rings is 1. The topological polar surface area (TPSA) is 92.3 Å². The van der Waals surface area contributed by atoms with Crippen molar-refractivity contribution in [3.05, 3.63) is 5.01 Å². The highest BCUT2D eigenvalue weighted by Gasteiger charge is 2.30. The highest BCUT2D eigenvalue weighted by Crippen LogP contribution is 2.22. The number of rotatable bonds is 6. The summed E-state index contributed by atoms with van der Waals surface area (Å²) in [6.07, 6.45) is 5.58. The van der Waals surface area contributed by atoms with Crippen molar-refractivity contribution in [2.75, 3.05) is 24.7 Å². The van der Waals surface area contributed by atoms with Gasteiger partial charge in [-0.05, 0) is 19.3 Å². The number of carbonyl (C=O) groups is 1. The molecular formula is C13H22N4O3S2. The number of carbonyl (C=O) groups excluding carboxylic acids is 1. The van der Waals surface area contributed by atoms with Gasteiger partial charge in [-0.15, -0.1) is 10.2 Å². The van der Waals surface area contributed by atoms with Crippen molar-refractivity contribution in [3.8, 4) is 0 Å². The van der Waals surface area contributed by atoms with E-state index in [0.29, 0.717) is 24.5 Å². The van der Waals surface area contributed by atoms with Crippen molar-refractivity contribution >= 4 is 32.4 Å². The molecule has 1 N–H and O–H groups in total. The van der Waals surface area contributed by atoms with Gasteiger partial charge in [0, 0.05) is 19.5 Å². The Morgan fingerprint density at radius 3 is 2.91 bits per heavy atom. The predicted octanol–water partition coefficient (Wildman–Crippen LogP) is 1.49. The first-order chi connectivity index (χ1) is 10.4. The van der Waals surface area contributed by atoms with Gasteiger partial charge in [0.1, 0.15) is 5.01 Å². The zero-order valence-electron chi connectivity index (χ0n) is 12.9. The van der Waals surface area contributed by atoms with Crippen LogP contribution in [0.1, 0.15) is 37.6 Å².